The lowest BCUT2D eigenvalue weighted by Crippen LogP contribution is -1.98. The summed E-state index contributed by atoms with van der Waals surface area (Å²) in [6.45, 7) is 0.527. The predicted molar refractivity (Wildman–Crippen MR) is 69.1 cm³/mol. The topological polar surface area (TPSA) is 25.2 Å². The fourth-order valence-electron chi connectivity index (χ4n) is 2.13. The molecule has 2 aromatic carbocycles. The second-order valence-electron chi connectivity index (χ2n) is 4.27. The third kappa shape index (κ3) is 1.84. The van der Waals surface area contributed by atoms with Crippen LogP contribution in [0.15, 0.2) is 54.6 Å². The highest BCUT2D eigenvalue weighted by Gasteiger charge is 2.07. The molecule has 3 heteroatoms. The molecule has 18 heavy (non-hydrogen) atoms. The van der Waals surface area contributed by atoms with Gasteiger partial charge in [-0.25, -0.2) is 4.39 Å². The van der Waals surface area contributed by atoms with E-state index in [-0.39, 0.29) is 11.7 Å². The number of halogens is 1. The number of aromatic nitrogens is 1. The smallest absolute Gasteiger partial charge is 0.192 e. The van der Waals surface area contributed by atoms with Crippen LogP contribution < -0.4 is 0 Å². The maximum absolute atomic E-state index is 12.8. The Morgan fingerprint density at radius 1 is 1.00 bits per heavy atom. The molecule has 0 fully saturated rings. The highest BCUT2D eigenvalue weighted by Crippen LogP contribution is 2.25. The van der Waals surface area contributed by atoms with Gasteiger partial charge in [0.1, 0.15) is 5.82 Å². The Morgan fingerprint density at radius 3 is 2.50 bits per heavy atom. The van der Waals surface area contributed by atoms with Crippen molar-refractivity contribution < 1.29 is 9.50 Å². The van der Waals surface area contributed by atoms with Gasteiger partial charge in [-0.2, -0.15) is 0 Å². The molecule has 1 heterocycles. The van der Waals surface area contributed by atoms with E-state index in [2.05, 4.69) is 0 Å². The van der Waals surface area contributed by atoms with Crippen molar-refractivity contribution in [3.8, 4) is 5.88 Å². The predicted octanol–water partition coefficient (Wildman–Crippen LogP) is 3.53. The molecular weight excluding hydrogens is 229 g/mol. The fraction of sp³-hybridized carbons (Fsp3) is 0.0667. The van der Waals surface area contributed by atoms with E-state index in [1.807, 2.05) is 28.8 Å². The normalized spacial score (nSPS) is 10.9. The van der Waals surface area contributed by atoms with Crippen molar-refractivity contribution in [2.45, 2.75) is 6.54 Å². The molecule has 3 rings (SSSR count). The van der Waals surface area contributed by atoms with E-state index in [0.29, 0.717) is 6.54 Å². The molecule has 0 atom stereocenters. The molecule has 90 valence electrons. The third-order valence-electron chi connectivity index (χ3n) is 3.04. The standard InChI is InChI=1S/C15H12FNO/c16-13-7-5-11(6-8-13)10-17-14-4-2-1-3-12(14)9-15(17)18/h1-9,18H,10H2. The zero-order chi connectivity index (χ0) is 12.5. The van der Waals surface area contributed by atoms with Crippen LogP contribution >= 0.6 is 0 Å². The molecule has 0 saturated carbocycles. The highest BCUT2D eigenvalue weighted by molar-refractivity contribution is 5.82. The van der Waals surface area contributed by atoms with Crippen LogP contribution in [0.3, 0.4) is 0 Å². The molecule has 2 nitrogen and oxygen atoms in total. The quantitative estimate of drug-likeness (QED) is 0.729. The van der Waals surface area contributed by atoms with Gasteiger partial charge >= 0.3 is 0 Å². The first-order chi connectivity index (χ1) is 8.74. The van der Waals surface area contributed by atoms with Gasteiger partial charge < -0.3 is 9.67 Å². The fourth-order valence-corrected chi connectivity index (χ4v) is 2.13. The van der Waals surface area contributed by atoms with Gasteiger partial charge in [-0.3, -0.25) is 0 Å². The third-order valence-corrected chi connectivity index (χ3v) is 3.04. The summed E-state index contributed by atoms with van der Waals surface area (Å²) in [5, 5.41) is 10.9. The number of para-hydroxylation sites is 1. The lowest BCUT2D eigenvalue weighted by Gasteiger charge is -2.07. The Labute approximate surface area is 104 Å². The van der Waals surface area contributed by atoms with Crippen molar-refractivity contribution in [2.75, 3.05) is 0 Å². The lowest BCUT2D eigenvalue weighted by molar-refractivity contribution is 0.428. The summed E-state index contributed by atoms with van der Waals surface area (Å²) in [7, 11) is 0. The molecule has 0 bridgehead atoms. The summed E-state index contributed by atoms with van der Waals surface area (Å²) in [6, 6.07) is 15.8. The van der Waals surface area contributed by atoms with Crippen LogP contribution in [0.1, 0.15) is 5.56 Å². The summed E-state index contributed by atoms with van der Waals surface area (Å²) < 4.78 is 14.6. The van der Waals surface area contributed by atoms with Crippen molar-refractivity contribution in [3.05, 3.63) is 66.0 Å². The molecule has 0 radical (unpaired) electrons. The number of rotatable bonds is 2. The largest absolute Gasteiger partial charge is 0.494 e. The number of nitrogens with zero attached hydrogens (tertiary/aromatic N) is 1. The van der Waals surface area contributed by atoms with Crippen LogP contribution in [-0.4, -0.2) is 9.67 Å². The number of hydrogen-bond donors (Lipinski definition) is 1. The molecule has 0 aliphatic rings. The van der Waals surface area contributed by atoms with Crippen LogP contribution in [0.2, 0.25) is 0 Å². The van der Waals surface area contributed by atoms with Gasteiger partial charge in [-0.15, -0.1) is 0 Å². The summed E-state index contributed by atoms with van der Waals surface area (Å²) in [6.07, 6.45) is 0. The molecule has 0 aliphatic heterocycles. The molecule has 0 amide bonds. The van der Waals surface area contributed by atoms with Crippen molar-refractivity contribution in [2.24, 2.45) is 0 Å². The van der Waals surface area contributed by atoms with Gasteiger partial charge in [0.2, 0.25) is 0 Å². The van der Waals surface area contributed by atoms with Gasteiger partial charge in [0.05, 0.1) is 12.1 Å². The molecule has 0 spiro atoms. The maximum atomic E-state index is 12.8. The minimum absolute atomic E-state index is 0.223. The van der Waals surface area contributed by atoms with E-state index in [1.54, 1.807) is 18.2 Å². The SMILES string of the molecule is Oc1cc2ccccc2n1Cc1ccc(F)cc1. The molecule has 1 N–H and O–H groups in total. The molecule has 1 aromatic heterocycles. The molecular formula is C15H12FNO. The molecule has 0 aliphatic carbocycles. The molecule has 0 unspecified atom stereocenters. The Kier molecular flexibility index (Phi) is 2.52. The van der Waals surface area contributed by atoms with Crippen molar-refractivity contribution in [1.82, 2.24) is 4.57 Å². The summed E-state index contributed by atoms with van der Waals surface area (Å²) in [5.74, 6) is -0.0270. The minimum atomic E-state index is -0.250. The average molecular weight is 241 g/mol. The van der Waals surface area contributed by atoms with Crippen LogP contribution in [0.5, 0.6) is 5.88 Å². The second-order valence-corrected chi connectivity index (χ2v) is 4.27. The van der Waals surface area contributed by atoms with Crippen LogP contribution in [0.25, 0.3) is 10.9 Å². The van der Waals surface area contributed by atoms with Crippen LogP contribution in [0.4, 0.5) is 4.39 Å². The average Bonchev–Trinajstić information content (AvgIpc) is 2.69. The lowest BCUT2D eigenvalue weighted by atomic mass is 10.2. The number of benzene rings is 2. The first-order valence-electron chi connectivity index (χ1n) is 5.76. The first-order valence-corrected chi connectivity index (χ1v) is 5.76. The van der Waals surface area contributed by atoms with E-state index in [9.17, 15) is 9.50 Å². The number of aromatic hydroxyl groups is 1. The molecule has 3 aromatic rings. The van der Waals surface area contributed by atoms with Crippen molar-refractivity contribution in [1.29, 1.82) is 0 Å². The van der Waals surface area contributed by atoms with Gasteiger partial charge in [-0.1, -0.05) is 30.3 Å². The summed E-state index contributed by atoms with van der Waals surface area (Å²) in [4.78, 5) is 0. The van der Waals surface area contributed by atoms with E-state index in [4.69, 9.17) is 0 Å². The van der Waals surface area contributed by atoms with Gasteiger partial charge in [0, 0.05) is 11.5 Å². The van der Waals surface area contributed by atoms with E-state index in [1.165, 1.54) is 12.1 Å². The second kappa shape index (κ2) is 4.18. The highest BCUT2D eigenvalue weighted by atomic mass is 19.1. The maximum Gasteiger partial charge on any atom is 0.192 e. The molecule has 0 saturated heterocycles. The Balaban J connectivity index is 2.04. The number of fused-ring (bicyclic) bond motifs is 1. The Hall–Kier alpha value is -2.29. The zero-order valence-electron chi connectivity index (χ0n) is 9.68. The van der Waals surface area contributed by atoms with E-state index in [0.717, 1.165) is 16.5 Å². The monoisotopic (exact) mass is 241 g/mol. The Bertz CT molecular complexity index is 685. The summed E-state index contributed by atoms with van der Waals surface area (Å²) >= 11 is 0. The van der Waals surface area contributed by atoms with Gasteiger partial charge in [0.25, 0.3) is 0 Å². The van der Waals surface area contributed by atoms with Crippen LogP contribution in [0, 0.1) is 5.82 Å². The minimum Gasteiger partial charge on any atom is -0.494 e. The first kappa shape index (κ1) is 10.8. The van der Waals surface area contributed by atoms with Crippen molar-refractivity contribution in [3.63, 3.8) is 0 Å². The van der Waals surface area contributed by atoms with Gasteiger partial charge in [-0.05, 0) is 23.8 Å². The van der Waals surface area contributed by atoms with Crippen LogP contribution in [-0.2, 0) is 6.54 Å². The zero-order valence-corrected chi connectivity index (χ0v) is 9.68. The number of hydrogen-bond acceptors (Lipinski definition) is 1. The summed E-state index contributed by atoms with van der Waals surface area (Å²) in [5.41, 5.74) is 1.92. The Morgan fingerprint density at radius 2 is 1.72 bits per heavy atom. The van der Waals surface area contributed by atoms with Crippen molar-refractivity contribution >= 4 is 10.9 Å². The van der Waals surface area contributed by atoms with Gasteiger partial charge in [0.15, 0.2) is 5.88 Å². The van der Waals surface area contributed by atoms with E-state index < -0.39 is 0 Å². The van der Waals surface area contributed by atoms with E-state index >= 15 is 0 Å².